The minimum atomic E-state index is -4.60. The number of benzene rings is 1. The Kier molecular flexibility index (Phi) is 4.12. The van der Waals surface area contributed by atoms with Gasteiger partial charge in [0.2, 0.25) is 10.0 Å². The third kappa shape index (κ3) is 3.82. The van der Waals surface area contributed by atoms with Crippen molar-refractivity contribution in [2.75, 3.05) is 6.54 Å². The molecule has 1 fully saturated rings. The lowest BCUT2D eigenvalue weighted by Crippen LogP contribution is -2.40. The number of carbonyl (C=O) groups excluding carboxylic acids is 1. The Hall–Kier alpha value is -1.41. The van der Waals surface area contributed by atoms with Crippen molar-refractivity contribution in [1.82, 2.24) is 4.31 Å². The van der Waals surface area contributed by atoms with Crippen LogP contribution in [0, 0.1) is 0 Å². The van der Waals surface area contributed by atoms with Gasteiger partial charge in [-0.1, -0.05) is 12.1 Å². The highest BCUT2D eigenvalue weighted by Gasteiger charge is 2.44. The van der Waals surface area contributed by atoms with E-state index in [1.165, 1.54) is 25.1 Å². The number of ketones is 1. The standard InChI is InChI=1S/C13H14F3NO3S/c1-9(18)10-3-2-4-12(7-10)21(19,20)17(11-5-6-11)8-13(14,15)16/h2-4,7,11H,5-6,8H2,1H3. The second kappa shape index (κ2) is 5.42. The van der Waals surface area contributed by atoms with Crippen LogP contribution < -0.4 is 0 Å². The minimum Gasteiger partial charge on any atom is -0.295 e. The van der Waals surface area contributed by atoms with Crippen LogP contribution in [0.5, 0.6) is 0 Å². The van der Waals surface area contributed by atoms with Crippen molar-refractivity contribution in [1.29, 1.82) is 0 Å². The fourth-order valence-corrected chi connectivity index (χ4v) is 3.68. The Labute approximate surface area is 120 Å². The van der Waals surface area contributed by atoms with Crippen LogP contribution in [-0.2, 0) is 10.0 Å². The normalized spacial score (nSPS) is 16.2. The summed E-state index contributed by atoms with van der Waals surface area (Å²) in [6.07, 6.45) is -3.77. The molecular weight excluding hydrogens is 307 g/mol. The van der Waals surface area contributed by atoms with Gasteiger partial charge in [-0.2, -0.15) is 17.5 Å². The average Bonchev–Trinajstić information content (AvgIpc) is 3.19. The van der Waals surface area contributed by atoms with Crippen LogP contribution in [0.25, 0.3) is 0 Å². The molecule has 0 amide bonds. The van der Waals surface area contributed by atoms with Crippen molar-refractivity contribution < 1.29 is 26.4 Å². The second-order valence-corrected chi connectivity index (χ2v) is 6.87. The molecule has 1 saturated carbocycles. The second-order valence-electron chi connectivity index (χ2n) is 4.98. The SMILES string of the molecule is CC(=O)c1cccc(S(=O)(=O)N(CC(F)(F)F)C2CC2)c1. The molecule has 0 N–H and O–H groups in total. The lowest BCUT2D eigenvalue weighted by molar-refractivity contribution is -0.137. The summed E-state index contributed by atoms with van der Waals surface area (Å²) >= 11 is 0. The van der Waals surface area contributed by atoms with E-state index in [2.05, 4.69) is 0 Å². The molecule has 0 radical (unpaired) electrons. The van der Waals surface area contributed by atoms with Gasteiger partial charge in [-0.15, -0.1) is 0 Å². The van der Waals surface area contributed by atoms with E-state index in [1.807, 2.05) is 0 Å². The maximum Gasteiger partial charge on any atom is 0.402 e. The van der Waals surface area contributed by atoms with Crippen LogP contribution in [0.4, 0.5) is 13.2 Å². The van der Waals surface area contributed by atoms with E-state index >= 15 is 0 Å². The van der Waals surface area contributed by atoms with Gasteiger partial charge in [-0.05, 0) is 31.9 Å². The molecule has 0 spiro atoms. The molecule has 0 unspecified atom stereocenters. The highest BCUT2D eigenvalue weighted by Crippen LogP contribution is 2.34. The molecular formula is C13H14F3NO3S. The number of rotatable bonds is 5. The van der Waals surface area contributed by atoms with E-state index in [9.17, 15) is 26.4 Å². The summed E-state index contributed by atoms with van der Waals surface area (Å²) in [4.78, 5) is 11.0. The predicted octanol–water partition coefficient (Wildman–Crippen LogP) is 2.60. The molecule has 0 heterocycles. The molecule has 4 nitrogen and oxygen atoms in total. The highest BCUT2D eigenvalue weighted by molar-refractivity contribution is 7.89. The third-order valence-corrected chi connectivity index (χ3v) is 5.03. The van der Waals surface area contributed by atoms with Crippen LogP contribution in [0.15, 0.2) is 29.2 Å². The average molecular weight is 321 g/mol. The summed E-state index contributed by atoms with van der Waals surface area (Å²) in [6.45, 7) is -0.246. The molecule has 0 saturated heterocycles. The number of nitrogens with zero attached hydrogens (tertiary/aromatic N) is 1. The molecule has 1 aliphatic rings. The molecule has 21 heavy (non-hydrogen) atoms. The van der Waals surface area contributed by atoms with Crippen LogP contribution in [-0.4, -0.2) is 37.3 Å². The number of Topliss-reactive ketones (excluding diaryl/α,β-unsaturated/α-hetero) is 1. The quantitative estimate of drug-likeness (QED) is 0.783. The predicted molar refractivity (Wildman–Crippen MR) is 69.4 cm³/mol. The summed E-state index contributed by atoms with van der Waals surface area (Å²) in [5, 5.41) is 0. The molecule has 1 aliphatic carbocycles. The zero-order valence-corrected chi connectivity index (χ0v) is 12.0. The van der Waals surface area contributed by atoms with Gasteiger partial charge < -0.3 is 0 Å². The maximum atomic E-state index is 12.6. The lowest BCUT2D eigenvalue weighted by Gasteiger charge is -2.23. The molecule has 0 aromatic heterocycles. The van der Waals surface area contributed by atoms with Crippen molar-refractivity contribution in [3.05, 3.63) is 29.8 Å². The van der Waals surface area contributed by atoms with Crippen molar-refractivity contribution >= 4 is 15.8 Å². The molecule has 0 atom stereocenters. The molecule has 0 aliphatic heterocycles. The first-order valence-corrected chi connectivity index (χ1v) is 7.75. The highest BCUT2D eigenvalue weighted by atomic mass is 32.2. The number of sulfonamides is 1. The van der Waals surface area contributed by atoms with Crippen LogP contribution in [0.2, 0.25) is 0 Å². The Morgan fingerprint density at radius 2 is 1.95 bits per heavy atom. The van der Waals surface area contributed by atoms with E-state index in [1.54, 1.807) is 0 Å². The molecule has 0 bridgehead atoms. The first-order valence-electron chi connectivity index (χ1n) is 6.31. The first-order chi connectivity index (χ1) is 9.61. The van der Waals surface area contributed by atoms with Gasteiger partial charge in [0.1, 0.15) is 6.54 Å². The third-order valence-electron chi connectivity index (χ3n) is 3.14. The summed E-state index contributed by atoms with van der Waals surface area (Å²) in [5.74, 6) is -0.346. The van der Waals surface area contributed by atoms with Crippen LogP contribution in [0.1, 0.15) is 30.1 Å². The van der Waals surface area contributed by atoms with E-state index in [4.69, 9.17) is 0 Å². The summed E-state index contributed by atoms with van der Waals surface area (Å²) < 4.78 is 63.0. The number of hydrogen-bond donors (Lipinski definition) is 0. The van der Waals surface area contributed by atoms with Crippen molar-refractivity contribution in [2.24, 2.45) is 0 Å². The summed E-state index contributed by atoms with van der Waals surface area (Å²) in [7, 11) is -4.27. The Morgan fingerprint density at radius 1 is 1.33 bits per heavy atom. The van der Waals surface area contributed by atoms with Crippen molar-refractivity contribution in [3.8, 4) is 0 Å². The van der Waals surface area contributed by atoms with Gasteiger partial charge in [0.05, 0.1) is 4.90 Å². The fraction of sp³-hybridized carbons (Fsp3) is 0.462. The zero-order chi connectivity index (χ0) is 15.8. The fourth-order valence-electron chi connectivity index (χ4n) is 1.96. The summed E-state index contributed by atoms with van der Waals surface area (Å²) in [6, 6.07) is 4.48. The zero-order valence-electron chi connectivity index (χ0n) is 11.2. The number of alkyl halides is 3. The maximum absolute atomic E-state index is 12.6. The van der Waals surface area contributed by atoms with Crippen molar-refractivity contribution in [3.63, 3.8) is 0 Å². The minimum absolute atomic E-state index is 0.152. The molecule has 8 heteroatoms. The number of hydrogen-bond acceptors (Lipinski definition) is 3. The van der Waals surface area contributed by atoms with Gasteiger partial charge in [-0.25, -0.2) is 8.42 Å². The Morgan fingerprint density at radius 3 is 2.43 bits per heavy atom. The summed E-state index contributed by atoms with van der Waals surface area (Å²) in [5.41, 5.74) is 0.152. The Bertz CT molecular complexity index is 651. The Balaban J connectivity index is 2.39. The molecule has 1 aromatic carbocycles. The van der Waals surface area contributed by atoms with E-state index < -0.39 is 28.8 Å². The molecule has 1 aromatic rings. The number of halogens is 3. The van der Waals surface area contributed by atoms with E-state index in [0.717, 1.165) is 6.07 Å². The van der Waals surface area contributed by atoms with Crippen LogP contribution >= 0.6 is 0 Å². The largest absolute Gasteiger partial charge is 0.402 e. The monoisotopic (exact) mass is 321 g/mol. The molecule has 116 valence electrons. The topological polar surface area (TPSA) is 54.5 Å². The smallest absolute Gasteiger partial charge is 0.295 e. The molecule has 2 rings (SSSR count). The first kappa shape index (κ1) is 16.0. The van der Waals surface area contributed by atoms with Crippen molar-refractivity contribution in [2.45, 2.75) is 36.9 Å². The number of carbonyl (C=O) groups is 1. The van der Waals surface area contributed by atoms with Crippen LogP contribution in [0.3, 0.4) is 0 Å². The van der Waals surface area contributed by atoms with Gasteiger partial charge >= 0.3 is 6.18 Å². The van der Waals surface area contributed by atoms with E-state index in [0.29, 0.717) is 17.1 Å². The van der Waals surface area contributed by atoms with E-state index in [-0.39, 0.29) is 16.2 Å². The lowest BCUT2D eigenvalue weighted by atomic mass is 10.2. The van der Waals surface area contributed by atoms with Gasteiger partial charge in [0.25, 0.3) is 0 Å². The van der Waals surface area contributed by atoms with Gasteiger partial charge in [-0.3, -0.25) is 4.79 Å². The van der Waals surface area contributed by atoms with Gasteiger partial charge in [0, 0.05) is 11.6 Å². The van der Waals surface area contributed by atoms with Gasteiger partial charge in [0.15, 0.2) is 5.78 Å².